The van der Waals surface area contributed by atoms with Gasteiger partial charge in [0.15, 0.2) is 0 Å². The maximum atomic E-state index is 4.07. The van der Waals surface area contributed by atoms with Crippen LogP contribution >= 0.6 is 12.4 Å². The van der Waals surface area contributed by atoms with Gasteiger partial charge in [0.2, 0.25) is 0 Å². The molecule has 0 aromatic carbocycles. The molecule has 1 aliphatic heterocycles. The minimum atomic E-state index is 0. The van der Waals surface area contributed by atoms with E-state index in [1.165, 1.54) is 11.1 Å². The van der Waals surface area contributed by atoms with Crippen molar-refractivity contribution < 1.29 is 0 Å². The average Bonchev–Trinajstić information content (AvgIpc) is 2.05. The molecule has 0 saturated carbocycles. The highest BCUT2D eigenvalue weighted by atomic mass is 35.5. The molecule has 0 bridgehead atoms. The normalized spacial score (nSPS) is 14.9. The van der Waals surface area contributed by atoms with E-state index in [2.05, 4.69) is 16.4 Å². The minimum Gasteiger partial charge on any atom is -0.312 e. The summed E-state index contributed by atoms with van der Waals surface area (Å²) in [4.78, 5) is 4.07. The van der Waals surface area contributed by atoms with Gasteiger partial charge >= 0.3 is 0 Å². The first kappa shape index (κ1) is 8.50. The van der Waals surface area contributed by atoms with E-state index in [0.717, 1.165) is 19.5 Å². The van der Waals surface area contributed by atoms with Crippen LogP contribution in [0.1, 0.15) is 11.1 Å². The lowest BCUT2D eigenvalue weighted by atomic mass is 10.0. The first-order chi connectivity index (χ1) is 4.97. The molecule has 2 heterocycles. The fourth-order valence-corrected chi connectivity index (χ4v) is 1.30. The highest BCUT2D eigenvalue weighted by Gasteiger charge is 2.05. The van der Waals surface area contributed by atoms with Crippen LogP contribution in [-0.2, 0) is 13.0 Å². The van der Waals surface area contributed by atoms with Crippen molar-refractivity contribution in [2.75, 3.05) is 6.54 Å². The number of nitrogens with one attached hydrogen (secondary N) is 1. The van der Waals surface area contributed by atoms with Crippen molar-refractivity contribution >= 4 is 12.4 Å². The zero-order valence-corrected chi connectivity index (χ0v) is 7.03. The Kier molecular flexibility index (Phi) is 2.85. The van der Waals surface area contributed by atoms with Gasteiger partial charge in [-0.05, 0) is 30.2 Å². The Labute approximate surface area is 72.4 Å². The molecule has 2 nitrogen and oxygen atoms in total. The molecule has 0 atom stereocenters. The van der Waals surface area contributed by atoms with Gasteiger partial charge in [-0.2, -0.15) is 0 Å². The molecule has 2 rings (SSSR count). The van der Waals surface area contributed by atoms with Crippen LogP contribution in [0.4, 0.5) is 0 Å². The van der Waals surface area contributed by atoms with E-state index in [9.17, 15) is 0 Å². The van der Waals surface area contributed by atoms with Crippen LogP contribution in [0.5, 0.6) is 0 Å². The van der Waals surface area contributed by atoms with E-state index in [1.54, 1.807) is 0 Å². The summed E-state index contributed by atoms with van der Waals surface area (Å²) in [7, 11) is 0. The molecule has 1 N–H and O–H groups in total. The lowest BCUT2D eigenvalue weighted by Crippen LogP contribution is -2.23. The van der Waals surface area contributed by atoms with Crippen LogP contribution in [-0.4, -0.2) is 11.5 Å². The Morgan fingerprint density at radius 1 is 1.36 bits per heavy atom. The first-order valence-corrected chi connectivity index (χ1v) is 3.59. The third-order valence-electron chi connectivity index (χ3n) is 1.89. The summed E-state index contributed by atoms with van der Waals surface area (Å²) in [5.41, 5.74) is 2.81. The zero-order valence-electron chi connectivity index (χ0n) is 6.21. The molecule has 0 aliphatic carbocycles. The molecule has 0 spiro atoms. The number of hydrogen-bond donors (Lipinski definition) is 1. The van der Waals surface area contributed by atoms with Gasteiger partial charge in [-0.15, -0.1) is 12.4 Å². The highest BCUT2D eigenvalue weighted by molar-refractivity contribution is 5.85. The van der Waals surface area contributed by atoms with Crippen molar-refractivity contribution in [3.8, 4) is 0 Å². The maximum absolute atomic E-state index is 4.07. The fourth-order valence-electron chi connectivity index (χ4n) is 1.30. The van der Waals surface area contributed by atoms with Gasteiger partial charge in [-0.25, -0.2) is 0 Å². The number of halogens is 1. The predicted octanol–water partition coefficient (Wildman–Crippen LogP) is 1.15. The number of rotatable bonds is 0. The summed E-state index contributed by atoms with van der Waals surface area (Å²) in [5, 5.41) is 3.31. The van der Waals surface area contributed by atoms with Crippen LogP contribution in [0.3, 0.4) is 0 Å². The molecule has 0 saturated heterocycles. The predicted molar refractivity (Wildman–Crippen MR) is 46.9 cm³/mol. The van der Waals surface area contributed by atoms with E-state index in [0.29, 0.717) is 0 Å². The van der Waals surface area contributed by atoms with Gasteiger partial charge in [0, 0.05) is 18.9 Å². The van der Waals surface area contributed by atoms with Crippen molar-refractivity contribution in [2.45, 2.75) is 13.0 Å². The van der Waals surface area contributed by atoms with E-state index in [1.807, 2.05) is 12.4 Å². The summed E-state index contributed by atoms with van der Waals surface area (Å²) in [5.74, 6) is 0. The van der Waals surface area contributed by atoms with Crippen LogP contribution in [0.2, 0.25) is 0 Å². The van der Waals surface area contributed by atoms with Crippen molar-refractivity contribution in [3.63, 3.8) is 0 Å². The molecular formula is C8H11ClN2. The maximum Gasteiger partial charge on any atom is 0.0303 e. The molecule has 0 radical (unpaired) electrons. The van der Waals surface area contributed by atoms with Gasteiger partial charge in [0.25, 0.3) is 0 Å². The molecule has 60 valence electrons. The first-order valence-electron chi connectivity index (χ1n) is 3.59. The molecule has 1 aliphatic rings. The largest absolute Gasteiger partial charge is 0.312 e. The van der Waals surface area contributed by atoms with Crippen LogP contribution in [0.15, 0.2) is 18.5 Å². The van der Waals surface area contributed by atoms with Gasteiger partial charge in [-0.3, -0.25) is 4.98 Å². The second-order valence-electron chi connectivity index (χ2n) is 2.57. The van der Waals surface area contributed by atoms with Gasteiger partial charge in [0.05, 0.1) is 0 Å². The topological polar surface area (TPSA) is 24.9 Å². The van der Waals surface area contributed by atoms with E-state index < -0.39 is 0 Å². The second kappa shape index (κ2) is 3.69. The number of nitrogens with zero attached hydrogens (tertiary/aromatic N) is 1. The van der Waals surface area contributed by atoms with Gasteiger partial charge in [0.1, 0.15) is 0 Å². The van der Waals surface area contributed by atoms with Crippen LogP contribution < -0.4 is 5.32 Å². The Hall–Kier alpha value is -0.600. The summed E-state index contributed by atoms with van der Waals surface area (Å²) in [6.45, 7) is 2.11. The smallest absolute Gasteiger partial charge is 0.0303 e. The Morgan fingerprint density at radius 3 is 3.09 bits per heavy atom. The number of aromatic nitrogens is 1. The van der Waals surface area contributed by atoms with Crippen molar-refractivity contribution in [3.05, 3.63) is 29.6 Å². The van der Waals surface area contributed by atoms with Crippen molar-refractivity contribution in [1.82, 2.24) is 10.3 Å². The molecule has 3 heteroatoms. The van der Waals surface area contributed by atoms with E-state index >= 15 is 0 Å². The molecule has 1 aromatic rings. The Balaban J connectivity index is 0.000000605. The molecule has 0 amide bonds. The standard InChI is InChI=1S/C8H10N2.ClH/c1-3-9-6-8-2-4-10-5-7(1)8;/h1,3,6,10H,2,4-5H2;1H. The van der Waals surface area contributed by atoms with E-state index in [-0.39, 0.29) is 12.4 Å². The van der Waals surface area contributed by atoms with Gasteiger partial charge in [-0.1, -0.05) is 0 Å². The summed E-state index contributed by atoms with van der Waals surface area (Å²) in [6, 6.07) is 2.08. The second-order valence-corrected chi connectivity index (χ2v) is 2.57. The van der Waals surface area contributed by atoms with Crippen LogP contribution in [0, 0.1) is 0 Å². The minimum absolute atomic E-state index is 0. The van der Waals surface area contributed by atoms with Crippen molar-refractivity contribution in [2.24, 2.45) is 0 Å². The molecular weight excluding hydrogens is 160 g/mol. The molecule has 0 unspecified atom stereocenters. The number of hydrogen-bond acceptors (Lipinski definition) is 2. The third-order valence-corrected chi connectivity index (χ3v) is 1.89. The average molecular weight is 171 g/mol. The fraction of sp³-hybridized carbons (Fsp3) is 0.375. The monoisotopic (exact) mass is 170 g/mol. The Morgan fingerprint density at radius 2 is 2.27 bits per heavy atom. The molecule has 11 heavy (non-hydrogen) atoms. The lowest BCUT2D eigenvalue weighted by Gasteiger charge is -2.15. The van der Waals surface area contributed by atoms with Gasteiger partial charge < -0.3 is 5.32 Å². The third kappa shape index (κ3) is 1.70. The quantitative estimate of drug-likeness (QED) is 0.632. The zero-order chi connectivity index (χ0) is 6.81. The van der Waals surface area contributed by atoms with Crippen molar-refractivity contribution in [1.29, 1.82) is 0 Å². The van der Waals surface area contributed by atoms with Crippen LogP contribution in [0.25, 0.3) is 0 Å². The lowest BCUT2D eigenvalue weighted by molar-refractivity contribution is 0.641. The number of fused-ring (bicyclic) bond motifs is 1. The SMILES string of the molecule is Cl.c1cc2c(cn1)CCNC2. The van der Waals surface area contributed by atoms with E-state index in [4.69, 9.17) is 0 Å². The Bertz CT molecular complexity index is 212. The summed E-state index contributed by atoms with van der Waals surface area (Å²) < 4.78 is 0. The summed E-state index contributed by atoms with van der Waals surface area (Å²) >= 11 is 0. The highest BCUT2D eigenvalue weighted by Crippen LogP contribution is 2.10. The molecule has 0 fully saturated rings. The molecule has 1 aromatic heterocycles. The summed E-state index contributed by atoms with van der Waals surface area (Å²) in [6.07, 6.45) is 4.95. The number of pyridine rings is 1.